The van der Waals surface area contributed by atoms with Crippen molar-refractivity contribution in [1.29, 1.82) is 0 Å². The molecule has 0 bridgehead atoms. The number of aliphatic hydroxyl groups excluding tert-OH is 1. The predicted octanol–water partition coefficient (Wildman–Crippen LogP) is 1.15. The molecule has 1 unspecified atom stereocenters. The van der Waals surface area contributed by atoms with Gasteiger partial charge in [-0.2, -0.15) is 0 Å². The first-order valence-electron chi connectivity index (χ1n) is 12.0. The van der Waals surface area contributed by atoms with Gasteiger partial charge >= 0.3 is 6.03 Å². The summed E-state index contributed by atoms with van der Waals surface area (Å²) in [6.07, 6.45) is -1.62. The molecule has 0 saturated carbocycles. The van der Waals surface area contributed by atoms with Gasteiger partial charge in [-0.05, 0) is 19.4 Å². The minimum atomic E-state index is -3.84. The molecule has 0 aliphatic carbocycles. The Balaban J connectivity index is 1.77. The maximum absolute atomic E-state index is 13.3. The molecule has 3 rings (SSSR count). The number of carbonyl (C=O) groups excluding carboxylic acids is 3. The third kappa shape index (κ3) is 8.11. The highest BCUT2D eigenvalue weighted by Gasteiger charge is 2.38. The van der Waals surface area contributed by atoms with Gasteiger partial charge < -0.3 is 25.4 Å². The highest BCUT2D eigenvalue weighted by molar-refractivity contribution is 7.90. The van der Waals surface area contributed by atoms with E-state index in [1.807, 2.05) is 0 Å². The number of Topliss-reactive ketones (excluding diaryl/α,β-unsaturated/α-hetero) is 1. The van der Waals surface area contributed by atoms with Gasteiger partial charge in [-0.15, -0.1) is 0 Å². The summed E-state index contributed by atoms with van der Waals surface area (Å²) in [6, 6.07) is 14.6. The summed E-state index contributed by atoms with van der Waals surface area (Å²) >= 11 is 0. The van der Waals surface area contributed by atoms with Crippen molar-refractivity contribution in [2.75, 3.05) is 32.1 Å². The van der Waals surface area contributed by atoms with E-state index >= 15 is 0 Å². The van der Waals surface area contributed by atoms with Gasteiger partial charge in [0.25, 0.3) is 0 Å². The summed E-state index contributed by atoms with van der Waals surface area (Å²) in [5.41, 5.74) is -0.653. The third-order valence-electron chi connectivity index (χ3n) is 6.00. The van der Waals surface area contributed by atoms with E-state index in [9.17, 15) is 27.9 Å². The van der Waals surface area contributed by atoms with Crippen LogP contribution in [0.3, 0.4) is 0 Å². The second-order valence-corrected chi connectivity index (χ2v) is 11.6. The maximum Gasteiger partial charge on any atom is 0.318 e. The number of rotatable bonds is 10. The molecule has 0 radical (unpaired) electrons. The number of carbonyl (C=O) groups is 3. The molecule has 200 valence electrons. The van der Waals surface area contributed by atoms with Crippen LogP contribution < -0.4 is 10.6 Å². The summed E-state index contributed by atoms with van der Waals surface area (Å²) in [6.45, 7) is 4.17. The Bertz CT molecular complexity index is 1180. The van der Waals surface area contributed by atoms with Crippen molar-refractivity contribution in [3.8, 4) is 0 Å². The van der Waals surface area contributed by atoms with Crippen LogP contribution in [0.5, 0.6) is 0 Å². The van der Waals surface area contributed by atoms with Crippen molar-refractivity contribution in [3.05, 3.63) is 71.8 Å². The van der Waals surface area contributed by atoms with Crippen LogP contribution in [0.1, 0.15) is 29.8 Å². The summed E-state index contributed by atoms with van der Waals surface area (Å²) < 4.78 is 31.2. The minimum Gasteiger partial charge on any atom is -0.382 e. The van der Waals surface area contributed by atoms with Gasteiger partial charge in [0.15, 0.2) is 15.6 Å². The number of nitrogens with zero attached hydrogens (tertiary/aromatic N) is 1. The molecule has 3 amide bonds. The van der Waals surface area contributed by atoms with Gasteiger partial charge in [0.05, 0.1) is 30.3 Å². The summed E-state index contributed by atoms with van der Waals surface area (Å²) in [7, 11) is -3.84. The van der Waals surface area contributed by atoms with Crippen LogP contribution in [0.15, 0.2) is 60.7 Å². The van der Waals surface area contributed by atoms with E-state index in [1.165, 1.54) is 18.7 Å². The monoisotopic (exact) mass is 531 g/mol. The van der Waals surface area contributed by atoms with Crippen molar-refractivity contribution in [1.82, 2.24) is 15.5 Å². The second-order valence-electron chi connectivity index (χ2n) is 9.49. The van der Waals surface area contributed by atoms with E-state index in [-0.39, 0.29) is 11.3 Å². The molecule has 0 aromatic heterocycles. The van der Waals surface area contributed by atoms with Crippen LogP contribution >= 0.6 is 0 Å². The lowest BCUT2D eigenvalue weighted by molar-refractivity contribution is -0.125. The largest absolute Gasteiger partial charge is 0.382 e. The number of morpholine rings is 1. The quantitative estimate of drug-likeness (QED) is 0.391. The van der Waals surface area contributed by atoms with E-state index in [0.717, 1.165) is 0 Å². The summed E-state index contributed by atoms with van der Waals surface area (Å²) in [5, 5.41) is 15.8. The Morgan fingerprint density at radius 1 is 1.00 bits per heavy atom. The fourth-order valence-corrected chi connectivity index (χ4v) is 5.45. The number of ether oxygens (including phenoxy) is 1. The Morgan fingerprint density at radius 2 is 1.57 bits per heavy atom. The molecule has 1 fully saturated rings. The van der Waals surface area contributed by atoms with Gasteiger partial charge in [0.1, 0.15) is 12.1 Å². The highest BCUT2D eigenvalue weighted by atomic mass is 32.2. The van der Waals surface area contributed by atoms with Crippen LogP contribution in [0.4, 0.5) is 4.79 Å². The molecule has 2 aromatic rings. The zero-order chi connectivity index (χ0) is 27.1. The lowest BCUT2D eigenvalue weighted by Gasteiger charge is -2.33. The molecule has 37 heavy (non-hydrogen) atoms. The first kappa shape index (κ1) is 28.3. The Hall–Kier alpha value is -3.28. The number of sulfone groups is 1. The van der Waals surface area contributed by atoms with E-state index < -0.39 is 51.0 Å². The molecule has 1 aliphatic heterocycles. The van der Waals surface area contributed by atoms with Crippen molar-refractivity contribution in [2.24, 2.45) is 0 Å². The standard InChI is InChI=1S/C26H33N3O7S/c1-26(2,23(31)22(30)20-11-7-4-8-12-20)28-24(32)21(27-25(33)29-13-15-36-16-14-29)18-37(34,35)17-19-9-5-3-6-10-19/h3-12,21,23,31H,13-18H2,1-2H3,(H,27,33)(H,28,32)/t21-,23?/m0/s1. The number of amides is 3. The van der Waals surface area contributed by atoms with E-state index in [1.54, 1.807) is 60.7 Å². The molecule has 2 atom stereocenters. The average Bonchev–Trinajstić information content (AvgIpc) is 2.88. The number of nitrogens with one attached hydrogen (secondary N) is 2. The predicted molar refractivity (Wildman–Crippen MR) is 138 cm³/mol. The van der Waals surface area contributed by atoms with E-state index in [4.69, 9.17) is 4.74 Å². The molecule has 3 N–H and O–H groups in total. The number of aliphatic hydroxyl groups is 1. The molecule has 10 nitrogen and oxygen atoms in total. The average molecular weight is 532 g/mol. The van der Waals surface area contributed by atoms with Crippen LogP contribution in [0.2, 0.25) is 0 Å². The normalized spacial score (nSPS) is 15.9. The lowest BCUT2D eigenvalue weighted by atomic mass is 9.90. The summed E-state index contributed by atoms with van der Waals surface area (Å²) in [5.74, 6) is -2.41. The lowest BCUT2D eigenvalue weighted by Crippen LogP contribution is -2.62. The van der Waals surface area contributed by atoms with E-state index in [2.05, 4.69) is 10.6 Å². The third-order valence-corrected chi connectivity index (χ3v) is 7.61. The molecule has 11 heteroatoms. The number of benzene rings is 2. The zero-order valence-electron chi connectivity index (χ0n) is 20.9. The number of ketones is 1. The second kappa shape index (κ2) is 12.3. The fraction of sp³-hybridized carbons (Fsp3) is 0.423. The summed E-state index contributed by atoms with van der Waals surface area (Å²) in [4.78, 5) is 40.4. The molecule has 0 spiro atoms. The fourth-order valence-electron chi connectivity index (χ4n) is 3.89. The van der Waals surface area contributed by atoms with Gasteiger partial charge in [-0.1, -0.05) is 60.7 Å². The Kier molecular flexibility index (Phi) is 9.41. The topological polar surface area (TPSA) is 142 Å². The zero-order valence-corrected chi connectivity index (χ0v) is 21.7. The number of urea groups is 1. The number of hydrogen-bond acceptors (Lipinski definition) is 7. The van der Waals surface area contributed by atoms with Crippen LogP contribution in [0.25, 0.3) is 0 Å². The SMILES string of the molecule is CC(C)(NC(=O)[C@H](CS(=O)(=O)Cc1ccccc1)NC(=O)N1CCOCC1)C(O)C(=O)c1ccccc1. The van der Waals surface area contributed by atoms with Gasteiger partial charge in [-0.3, -0.25) is 9.59 Å². The molecular weight excluding hydrogens is 498 g/mol. The van der Waals surface area contributed by atoms with Crippen molar-refractivity contribution in [3.63, 3.8) is 0 Å². The Morgan fingerprint density at radius 3 is 2.16 bits per heavy atom. The van der Waals surface area contributed by atoms with Crippen LogP contribution in [0, 0.1) is 0 Å². The Labute approximate surface area is 216 Å². The molecule has 1 heterocycles. The number of hydrogen-bond donors (Lipinski definition) is 3. The molecular formula is C26H33N3O7S. The molecule has 2 aromatic carbocycles. The first-order chi connectivity index (χ1) is 17.5. The first-order valence-corrected chi connectivity index (χ1v) is 13.8. The van der Waals surface area contributed by atoms with Gasteiger partial charge in [-0.25, -0.2) is 13.2 Å². The van der Waals surface area contributed by atoms with Gasteiger partial charge in [0.2, 0.25) is 5.91 Å². The molecule has 1 saturated heterocycles. The van der Waals surface area contributed by atoms with Crippen LogP contribution in [-0.2, 0) is 25.1 Å². The van der Waals surface area contributed by atoms with E-state index in [0.29, 0.717) is 31.9 Å². The van der Waals surface area contributed by atoms with Crippen molar-refractivity contribution in [2.45, 2.75) is 37.3 Å². The minimum absolute atomic E-state index is 0.264. The van der Waals surface area contributed by atoms with Gasteiger partial charge in [0, 0.05) is 18.7 Å². The smallest absolute Gasteiger partial charge is 0.318 e. The van der Waals surface area contributed by atoms with Crippen LogP contribution in [-0.4, -0.2) is 85.9 Å². The van der Waals surface area contributed by atoms with Crippen molar-refractivity contribution >= 4 is 27.6 Å². The van der Waals surface area contributed by atoms with Crippen molar-refractivity contribution < 1.29 is 32.6 Å². The maximum atomic E-state index is 13.3. The highest BCUT2D eigenvalue weighted by Crippen LogP contribution is 2.16. The molecule has 1 aliphatic rings.